The van der Waals surface area contributed by atoms with Gasteiger partial charge in [0.1, 0.15) is 0 Å². The molecule has 0 bridgehead atoms. The van der Waals surface area contributed by atoms with Gasteiger partial charge in [-0.05, 0) is 43.9 Å². The molecular formula is C14H19NO5S. The summed E-state index contributed by atoms with van der Waals surface area (Å²) in [6, 6.07) is 2.78. The van der Waals surface area contributed by atoms with Crippen LogP contribution < -0.4 is 0 Å². The molecule has 1 aliphatic heterocycles. The van der Waals surface area contributed by atoms with Gasteiger partial charge in [-0.3, -0.25) is 0 Å². The molecule has 0 unspecified atom stereocenters. The first-order chi connectivity index (χ1) is 9.73. The highest BCUT2D eigenvalue weighted by molar-refractivity contribution is 7.89. The zero-order chi connectivity index (χ0) is 15.8. The minimum absolute atomic E-state index is 0.000370. The van der Waals surface area contributed by atoms with Crippen molar-refractivity contribution in [2.45, 2.75) is 37.7 Å². The number of sulfonamides is 1. The molecule has 7 heteroatoms. The lowest BCUT2D eigenvalue weighted by Gasteiger charge is -2.29. The lowest BCUT2D eigenvalue weighted by atomic mass is 10.1. The Kier molecular flexibility index (Phi) is 4.36. The first-order valence-electron chi connectivity index (χ1n) is 6.76. The highest BCUT2D eigenvalue weighted by Crippen LogP contribution is 2.26. The van der Waals surface area contributed by atoms with Crippen molar-refractivity contribution in [3.05, 3.63) is 28.8 Å². The number of aliphatic hydroxyl groups is 1. The predicted octanol–water partition coefficient (Wildman–Crippen LogP) is 1.15. The van der Waals surface area contributed by atoms with Crippen molar-refractivity contribution in [1.29, 1.82) is 0 Å². The van der Waals surface area contributed by atoms with Crippen molar-refractivity contribution >= 4 is 16.0 Å². The maximum Gasteiger partial charge on any atom is 0.335 e. The van der Waals surface area contributed by atoms with E-state index in [1.165, 1.54) is 10.4 Å². The molecule has 2 N–H and O–H groups in total. The quantitative estimate of drug-likeness (QED) is 0.873. The maximum atomic E-state index is 12.7. The van der Waals surface area contributed by atoms with E-state index in [4.69, 9.17) is 5.11 Å². The van der Waals surface area contributed by atoms with Gasteiger partial charge in [-0.15, -0.1) is 0 Å². The van der Waals surface area contributed by atoms with Crippen LogP contribution in [0, 0.1) is 13.8 Å². The Labute approximate surface area is 124 Å². The van der Waals surface area contributed by atoms with Crippen LogP contribution in [0.2, 0.25) is 0 Å². The number of rotatable bonds is 3. The van der Waals surface area contributed by atoms with Crippen molar-refractivity contribution in [3.63, 3.8) is 0 Å². The van der Waals surface area contributed by atoms with Gasteiger partial charge in [-0.25, -0.2) is 13.2 Å². The third kappa shape index (κ3) is 3.09. The Morgan fingerprint density at radius 2 is 1.95 bits per heavy atom. The number of nitrogens with zero attached hydrogens (tertiary/aromatic N) is 1. The Morgan fingerprint density at radius 1 is 1.29 bits per heavy atom. The molecule has 1 aromatic carbocycles. The lowest BCUT2D eigenvalue weighted by molar-refractivity contribution is 0.0695. The molecule has 1 aromatic rings. The molecule has 1 saturated heterocycles. The molecule has 116 valence electrons. The number of aryl methyl sites for hydroxylation is 2. The van der Waals surface area contributed by atoms with Gasteiger partial charge in [0.2, 0.25) is 10.0 Å². The second-order valence-electron chi connectivity index (χ2n) is 5.40. The molecule has 0 aliphatic carbocycles. The fourth-order valence-corrected chi connectivity index (χ4v) is 4.37. The zero-order valence-corrected chi connectivity index (χ0v) is 12.9. The van der Waals surface area contributed by atoms with Gasteiger partial charge in [-0.1, -0.05) is 6.07 Å². The van der Waals surface area contributed by atoms with Crippen LogP contribution in [0.4, 0.5) is 0 Å². The average molecular weight is 313 g/mol. The van der Waals surface area contributed by atoms with Gasteiger partial charge in [0.05, 0.1) is 16.6 Å². The molecule has 6 nitrogen and oxygen atoms in total. The summed E-state index contributed by atoms with van der Waals surface area (Å²) in [7, 11) is -3.79. The minimum Gasteiger partial charge on any atom is -0.478 e. The van der Waals surface area contributed by atoms with E-state index in [2.05, 4.69) is 0 Å². The first kappa shape index (κ1) is 15.9. The zero-order valence-electron chi connectivity index (χ0n) is 12.0. The number of β-amino-alcohol motifs (C(OH)–C–C–N with tert-alkyl or cyclic N) is 1. The smallest absolute Gasteiger partial charge is 0.335 e. The number of aliphatic hydroxyl groups excluding tert-OH is 1. The number of piperidine rings is 1. The fourth-order valence-electron chi connectivity index (χ4n) is 2.62. The highest BCUT2D eigenvalue weighted by atomic mass is 32.2. The second-order valence-corrected chi connectivity index (χ2v) is 7.30. The molecule has 2 rings (SSSR count). The van der Waals surface area contributed by atoms with E-state index in [1.807, 2.05) is 0 Å². The number of carboxylic acids is 1. The first-order valence-corrected chi connectivity index (χ1v) is 8.20. The molecule has 1 fully saturated rings. The molecular weight excluding hydrogens is 294 g/mol. The minimum atomic E-state index is -3.79. The molecule has 0 amide bonds. The van der Waals surface area contributed by atoms with Crippen molar-refractivity contribution in [2.24, 2.45) is 0 Å². The molecule has 1 heterocycles. The van der Waals surface area contributed by atoms with E-state index in [1.54, 1.807) is 19.9 Å². The van der Waals surface area contributed by atoms with Crippen LogP contribution in [-0.4, -0.2) is 48.1 Å². The Balaban J connectivity index is 2.49. The summed E-state index contributed by atoms with van der Waals surface area (Å²) in [6.07, 6.45) is 0.509. The number of carboxylic acid groups (broad SMARTS) is 1. The van der Waals surface area contributed by atoms with Crippen LogP contribution in [0.25, 0.3) is 0 Å². The topological polar surface area (TPSA) is 94.9 Å². The molecule has 1 aliphatic rings. The summed E-state index contributed by atoms with van der Waals surface area (Å²) < 4.78 is 26.5. The summed E-state index contributed by atoms with van der Waals surface area (Å²) in [5.41, 5.74) is 1.02. The average Bonchev–Trinajstić information content (AvgIpc) is 2.37. The summed E-state index contributed by atoms with van der Waals surface area (Å²) in [6.45, 7) is 3.68. The Hall–Kier alpha value is -1.44. The standard InChI is InChI=1S/C14H19NO5S/c1-9-6-10(2)13(7-12(9)14(17)18)21(19,20)15-5-3-4-11(16)8-15/h6-7,11,16H,3-5,8H2,1-2H3,(H,17,18)/t11-/m0/s1. The second kappa shape index (κ2) is 5.75. The molecule has 0 aromatic heterocycles. The van der Waals surface area contributed by atoms with Crippen LogP contribution >= 0.6 is 0 Å². The van der Waals surface area contributed by atoms with Crippen molar-refractivity contribution in [3.8, 4) is 0 Å². The summed E-state index contributed by atoms with van der Waals surface area (Å²) in [5.74, 6) is -1.15. The lowest BCUT2D eigenvalue weighted by Crippen LogP contribution is -2.42. The normalized spacial score (nSPS) is 20.4. The highest BCUT2D eigenvalue weighted by Gasteiger charge is 2.31. The Morgan fingerprint density at radius 3 is 2.52 bits per heavy atom. The monoisotopic (exact) mass is 313 g/mol. The van der Waals surface area contributed by atoms with E-state index in [-0.39, 0.29) is 17.0 Å². The third-order valence-electron chi connectivity index (χ3n) is 3.73. The molecule has 0 saturated carbocycles. The number of hydrogen-bond acceptors (Lipinski definition) is 4. The van der Waals surface area contributed by atoms with Gasteiger partial charge in [0, 0.05) is 13.1 Å². The van der Waals surface area contributed by atoms with Gasteiger partial charge in [-0.2, -0.15) is 4.31 Å². The van der Waals surface area contributed by atoms with Gasteiger partial charge >= 0.3 is 5.97 Å². The van der Waals surface area contributed by atoms with Crippen molar-refractivity contribution < 1.29 is 23.4 Å². The third-order valence-corrected chi connectivity index (χ3v) is 5.74. The largest absolute Gasteiger partial charge is 0.478 e. The van der Waals surface area contributed by atoms with E-state index in [0.717, 1.165) is 0 Å². The van der Waals surface area contributed by atoms with Crippen LogP contribution in [-0.2, 0) is 10.0 Å². The van der Waals surface area contributed by atoms with E-state index < -0.39 is 22.1 Å². The van der Waals surface area contributed by atoms with Crippen LogP contribution in [0.3, 0.4) is 0 Å². The number of benzene rings is 1. The summed E-state index contributed by atoms with van der Waals surface area (Å²) >= 11 is 0. The Bertz CT molecular complexity index is 668. The number of carbonyl (C=O) groups is 1. The van der Waals surface area contributed by atoms with Crippen LogP contribution in [0.15, 0.2) is 17.0 Å². The van der Waals surface area contributed by atoms with Gasteiger partial charge < -0.3 is 10.2 Å². The van der Waals surface area contributed by atoms with Crippen LogP contribution in [0.1, 0.15) is 34.3 Å². The summed E-state index contributed by atoms with van der Waals surface area (Å²) in [4.78, 5) is 11.2. The molecule has 0 spiro atoms. The van der Waals surface area contributed by atoms with Crippen LogP contribution in [0.5, 0.6) is 0 Å². The van der Waals surface area contributed by atoms with E-state index in [9.17, 15) is 18.3 Å². The number of hydrogen-bond donors (Lipinski definition) is 2. The number of aromatic carboxylic acids is 1. The molecule has 1 atom stereocenters. The maximum absolute atomic E-state index is 12.7. The SMILES string of the molecule is Cc1cc(C)c(S(=O)(=O)N2CCC[C@H](O)C2)cc1C(=O)O. The van der Waals surface area contributed by atoms with Crippen molar-refractivity contribution in [1.82, 2.24) is 4.31 Å². The fraction of sp³-hybridized carbons (Fsp3) is 0.500. The molecule has 0 radical (unpaired) electrons. The van der Waals surface area contributed by atoms with E-state index >= 15 is 0 Å². The molecule has 21 heavy (non-hydrogen) atoms. The van der Waals surface area contributed by atoms with Crippen molar-refractivity contribution in [2.75, 3.05) is 13.1 Å². The van der Waals surface area contributed by atoms with Gasteiger partial charge in [0.15, 0.2) is 0 Å². The van der Waals surface area contributed by atoms with E-state index in [0.29, 0.717) is 30.5 Å². The predicted molar refractivity (Wildman–Crippen MR) is 76.9 cm³/mol. The van der Waals surface area contributed by atoms with Gasteiger partial charge in [0.25, 0.3) is 0 Å². The summed E-state index contributed by atoms with van der Waals surface area (Å²) in [5, 5.41) is 18.8.